The van der Waals surface area contributed by atoms with Gasteiger partial charge in [0.05, 0.1) is 18.3 Å². The van der Waals surface area contributed by atoms with Gasteiger partial charge in [-0.1, -0.05) is 20.8 Å². The van der Waals surface area contributed by atoms with Crippen LogP contribution in [0.5, 0.6) is 0 Å². The quantitative estimate of drug-likeness (QED) is 0.456. The molecule has 1 aromatic rings. The van der Waals surface area contributed by atoms with Gasteiger partial charge in [-0.2, -0.15) is 0 Å². The molecule has 2 unspecified atom stereocenters. The molecule has 1 fully saturated rings. The molecule has 0 bridgehead atoms. The number of nitrogens with zero attached hydrogens (tertiary/aromatic N) is 2. The van der Waals surface area contributed by atoms with Crippen LogP contribution in [0.25, 0.3) is 0 Å². The van der Waals surface area contributed by atoms with Crippen molar-refractivity contribution in [2.75, 3.05) is 11.9 Å². The van der Waals surface area contributed by atoms with E-state index in [-0.39, 0.29) is 17.5 Å². The lowest BCUT2D eigenvalue weighted by Crippen LogP contribution is -2.50. The number of aromatic nitrogens is 2. The molecule has 0 saturated heterocycles. The first-order valence-corrected chi connectivity index (χ1v) is 12.8. The fourth-order valence-corrected chi connectivity index (χ4v) is 4.75. The predicted molar refractivity (Wildman–Crippen MR) is 101 cm³/mol. The summed E-state index contributed by atoms with van der Waals surface area (Å²) in [6.45, 7) is 10.1. The summed E-state index contributed by atoms with van der Waals surface area (Å²) in [5, 5.41) is 12.6. The summed E-state index contributed by atoms with van der Waals surface area (Å²) < 4.78 is 37.0. The Balaban J connectivity index is 2.34. The molecule has 11 heteroatoms. The van der Waals surface area contributed by atoms with E-state index in [1.165, 1.54) is 6.33 Å². The van der Waals surface area contributed by atoms with Crippen LogP contribution in [-0.2, 0) is 13.5 Å². The van der Waals surface area contributed by atoms with Gasteiger partial charge in [0.2, 0.25) is 0 Å². The maximum Gasteiger partial charge on any atom is 0.695 e. The van der Waals surface area contributed by atoms with Crippen LogP contribution in [0.2, 0.25) is 18.1 Å². The first-order valence-electron chi connectivity index (χ1n) is 8.80. The topological polar surface area (TPSA) is 114 Å². The van der Waals surface area contributed by atoms with E-state index in [1.807, 2.05) is 0 Å². The number of hydrogen-bond donors (Lipinski definition) is 3. The fourth-order valence-electron chi connectivity index (χ4n) is 2.92. The molecule has 0 amide bonds. The molecule has 27 heavy (non-hydrogen) atoms. The molecule has 1 aliphatic rings. The normalized spacial score (nSPS) is 26.9. The van der Waals surface area contributed by atoms with Gasteiger partial charge in [-0.3, -0.25) is 0 Å². The highest BCUT2D eigenvalue weighted by atomic mass is 31.1. The number of aliphatic hydroxyl groups is 1. The average Bonchev–Trinajstić information content (AvgIpc) is 2.85. The molecule has 5 atom stereocenters. The molecular weight excluding hydrogens is 392 g/mol. The number of aliphatic hydroxyl groups excluding tert-OH is 1. The smallest absolute Gasteiger partial charge is 0.409 e. The summed E-state index contributed by atoms with van der Waals surface area (Å²) in [6.07, 6.45) is 1.23. The van der Waals surface area contributed by atoms with Gasteiger partial charge in [0.1, 0.15) is 12.4 Å². The number of rotatable bonds is 7. The Kier molecular flexibility index (Phi) is 7.04. The van der Waals surface area contributed by atoms with Crippen molar-refractivity contribution in [1.82, 2.24) is 9.97 Å². The van der Waals surface area contributed by atoms with Gasteiger partial charge in [-0.15, -0.1) is 9.42 Å². The molecule has 1 saturated carbocycles. The first-order chi connectivity index (χ1) is 12.5. The van der Waals surface area contributed by atoms with Gasteiger partial charge in [0, 0.05) is 17.1 Å². The summed E-state index contributed by atoms with van der Waals surface area (Å²) >= 11 is 0. The van der Waals surface area contributed by atoms with E-state index in [1.54, 1.807) is 0 Å². The van der Waals surface area contributed by atoms with Crippen molar-refractivity contribution >= 4 is 22.4 Å². The van der Waals surface area contributed by atoms with Crippen LogP contribution in [0.3, 0.4) is 0 Å². The number of hydrogen-bond acceptors (Lipinski definition) is 7. The van der Waals surface area contributed by atoms with Crippen molar-refractivity contribution < 1.29 is 27.9 Å². The number of anilines is 1. The van der Waals surface area contributed by atoms with Crippen LogP contribution in [0.1, 0.15) is 27.2 Å². The second-order valence-corrected chi connectivity index (χ2v) is 13.7. The Labute approximate surface area is 160 Å². The van der Waals surface area contributed by atoms with Gasteiger partial charge >= 0.3 is 8.25 Å². The van der Waals surface area contributed by atoms with Crippen molar-refractivity contribution in [2.24, 2.45) is 5.92 Å². The van der Waals surface area contributed by atoms with Crippen LogP contribution in [0.4, 0.5) is 10.2 Å². The Bertz CT molecular complexity index is 676. The summed E-state index contributed by atoms with van der Waals surface area (Å²) in [7, 11) is -5.16. The summed E-state index contributed by atoms with van der Waals surface area (Å²) in [5.74, 6) is -1.01. The van der Waals surface area contributed by atoms with Crippen LogP contribution in [-0.4, -0.2) is 53.1 Å². The molecule has 1 aromatic heterocycles. The molecule has 0 aliphatic heterocycles. The Morgan fingerprint density at radius 1 is 1.41 bits per heavy atom. The van der Waals surface area contributed by atoms with Crippen LogP contribution in [0.15, 0.2) is 12.5 Å². The molecule has 0 spiro atoms. The van der Waals surface area contributed by atoms with Gasteiger partial charge in [-0.25, -0.2) is 14.4 Å². The van der Waals surface area contributed by atoms with Gasteiger partial charge in [0.15, 0.2) is 20.0 Å². The summed E-state index contributed by atoms with van der Waals surface area (Å²) in [6, 6.07) is -0.444. The van der Waals surface area contributed by atoms with Crippen molar-refractivity contribution in [2.45, 2.75) is 63.6 Å². The summed E-state index contributed by atoms with van der Waals surface area (Å²) in [5.41, 5.74) is 0. The highest BCUT2D eigenvalue weighted by molar-refractivity contribution is 7.32. The minimum Gasteiger partial charge on any atom is -0.409 e. The van der Waals surface area contributed by atoms with Crippen LogP contribution < -0.4 is 5.32 Å². The maximum atomic E-state index is 14.0. The SMILES string of the molecule is CC(C)(C)[Si](C)(C)OC1[C@H](Nc2ncncc2F)C[C@H](CO)[C@H]1O[P+](=O)O. The van der Waals surface area contributed by atoms with E-state index in [2.05, 4.69) is 49.1 Å². The molecule has 1 heterocycles. The van der Waals surface area contributed by atoms with E-state index in [0.29, 0.717) is 6.42 Å². The van der Waals surface area contributed by atoms with Gasteiger partial charge < -0.3 is 14.8 Å². The lowest BCUT2D eigenvalue weighted by atomic mass is 10.1. The van der Waals surface area contributed by atoms with E-state index < -0.39 is 46.6 Å². The third-order valence-corrected chi connectivity index (χ3v) is 10.3. The molecule has 3 N–H and O–H groups in total. The standard InChI is InChI=1S/C16H27FN3O5PSi/c1-16(2,3)27(4,5)25-14-12(20-15-11(17)7-18-9-19-15)6-10(8-21)13(14)24-26(22)23/h7,9-10,12-14,21H,6,8H2,1-5H3,(H-,18,19,20,22,23)/p+1/t10-,12-,13-,14?/m1/s1. The fraction of sp³-hybridized carbons (Fsp3) is 0.750. The third-order valence-electron chi connectivity index (χ3n) is 5.41. The van der Waals surface area contributed by atoms with Crippen molar-refractivity contribution in [3.05, 3.63) is 18.3 Å². The monoisotopic (exact) mass is 420 g/mol. The molecule has 0 aromatic carbocycles. The Morgan fingerprint density at radius 2 is 2.07 bits per heavy atom. The zero-order valence-electron chi connectivity index (χ0n) is 16.2. The largest absolute Gasteiger partial charge is 0.695 e. The van der Waals surface area contributed by atoms with Crippen LogP contribution >= 0.6 is 8.25 Å². The van der Waals surface area contributed by atoms with E-state index >= 15 is 0 Å². The maximum absolute atomic E-state index is 14.0. The molecule has 152 valence electrons. The van der Waals surface area contributed by atoms with Crippen molar-refractivity contribution in [3.8, 4) is 0 Å². The first kappa shape index (κ1) is 22.3. The zero-order valence-corrected chi connectivity index (χ0v) is 18.1. The molecule has 1 aliphatic carbocycles. The molecule has 0 radical (unpaired) electrons. The molecule has 2 rings (SSSR count). The van der Waals surface area contributed by atoms with E-state index in [9.17, 15) is 19.0 Å². The average molecular weight is 420 g/mol. The number of nitrogens with one attached hydrogen (secondary N) is 1. The summed E-state index contributed by atoms with van der Waals surface area (Å²) in [4.78, 5) is 16.8. The Hall–Kier alpha value is -1.03. The van der Waals surface area contributed by atoms with Crippen LogP contribution in [0, 0.1) is 11.7 Å². The van der Waals surface area contributed by atoms with Gasteiger partial charge in [-0.05, 0) is 24.6 Å². The third kappa shape index (κ3) is 5.27. The zero-order chi connectivity index (χ0) is 20.4. The lowest BCUT2D eigenvalue weighted by Gasteiger charge is -2.40. The van der Waals surface area contributed by atoms with Crippen molar-refractivity contribution in [1.29, 1.82) is 0 Å². The molecule has 8 nitrogen and oxygen atoms in total. The minimum atomic E-state index is -2.88. The van der Waals surface area contributed by atoms with E-state index in [0.717, 1.165) is 6.20 Å². The van der Waals surface area contributed by atoms with E-state index in [4.69, 9.17) is 8.95 Å². The second-order valence-electron chi connectivity index (χ2n) is 8.30. The highest BCUT2D eigenvalue weighted by Gasteiger charge is 2.52. The van der Waals surface area contributed by atoms with Crippen molar-refractivity contribution in [3.63, 3.8) is 0 Å². The molecular formula is C16H28FN3O5PSi+. The minimum absolute atomic E-state index is 0.0181. The second kappa shape index (κ2) is 8.55. The predicted octanol–water partition coefficient (Wildman–Crippen LogP) is 2.83. The Morgan fingerprint density at radius 3 is 2.59 bits per heavy atom. The lowest BCUT2D eigenvalue weighted by molar-refractivity contribution is 0.0258. The van der Waals surface area contributed by atoms with Gasteiger partial charge in [0.25, 0.3) is 0 Å². The number of halogens is 1. The highest BCUT2D eigenvalue weighted by Crippen LogP contribution is 2.43.